The van der Waals surface area contributed by atoms with Crippen molar-refractivity contribution >= 4 is 28.9 Å². The zero-order valence-corrected chi connectivity index (χ0v) is 12.3. The van der Waals surface area contributed by atoms with E-state index in [2.05, 4.69) is 0 Å². The quantitative estimate of drug-likeness (QED) is 0.942. The van der Waals surface area contributed by atoms with Crippen LogP contribution in [-0.4, -0.2) is 22.5 Å². The monoisotopic (exact) mass is 307 g/mol. The van der Waals surface area contributed by atoms with Gasteiger partial charge in [0.15, 0.2) is 0 Å². The number of nitrogens with zero attached hydrogens (tertiary/aromatic N) is 1. The average molecular weight is 308 g/mol. The fourth-order valence-electron chi connectivity index (χ4n) is 2.65. The molecular weight excluding hydrogens is 294 g/mol. The Hall–Kier alpha value is -1.36. The highest BCUT2D eigenvalue weighted by Gasteiger charge is 2.33. The molecule has 3 rings (SSSR count). The molecule has 1 N–H and O–H groups in total. The molecule has 0 saturated heterocycles. The van der Waals surface area contributed by atoms with Crippen LogP contribution >= 0.6 is 22.9 Å². The number of halogens is 1. The molecule has 0 saturated carbocycles. The fourth-order valence-corrected chi connectivity index (χ4v) is 3.68. The van der Waals surface area contributed by atoms with Gasteiger partial charge in [0, 0.05) is 23.0 Å². The van der Waals surface area contributed by atoms with E-state index in [1.165, 1.54) is 4.88 Å². The molecule has 5 heteroatoms. The van der Waals surface area contributed by atoms with Crippen molar-refractivity contribution in [2.75, 3.05) is 6.54 Å². The number of carbonyl (C=O) groups is 1. The second kappa shape index (κ2) is 5.56. The SMILES string of the molecule is O=C(O)C1c2ccsc2CCN1Cc1ccc(Cl)cc1. The molecule has 1 aromatic heterocycles. The summed E-state index contributed by atoms with van der Waals surface area (Å²) < 4.78 is 0. The number of thiophene rings is 1. The van der Waals surface area contributed by atoms with Gasteiger partial charge in [0.25, 0.3) is 0 Å². The summed E-state index contributed by atoms with van der Waals surface area (Å²) in [6.07, 6.45) is 0.921. The number of hydrogen-bond donors (Lipinski definition) is 1. The van der Waals surface area contributed by atoms with Crippen molar-refractivity contribution in [3.05, 3.63) is 56.7 Å². The second-order valence-corrected chi connectivity index (χ2v) is 6.32. The van der Waals surface area contributed by atoms with E-state index in [0.717, 1.165) is 24.1 Å². The number of carboxylic acid groups (broad SMARTS) is 1. The molecular formula is C15H14ClNO2S. The van der Waals surface area contributed by atoms with E-state index in [0.29, 0.717) is 11.6 Å². The Morgan fingerprint density at radius 3 is 2.80 bits per heavy atom. The third-order valence-electron chi connectivity index (χ3n) is 3.60. The standard InChI is InChI=1S/C15H14ClNO2S/c16-11-3-1-10(2-4-11)9-17-7-5-13-12(6-8-20-13)14(17)15(18)19/h1-4,6,8,14H,5,7,9H2,(H,18,19). The maximum Gasteiger partial charge on any atom is 0.325 e. The van der Waals surface area contributed by atoms with Crippen LogP contribution in [0.15, 0.2) is 35.7 Å². The summed E-state index contributed by atoms with van der Waals surface area (Å²) in [6, 6.07) is 8.97. The fraction of sp³-hybridized carbons (Fsp3) is 0.267. The highest BCUT2D eigenvalue weighted by atomic mass is 35.5. The molecule has 0 radical (unpaired) electrons. The number of hydrogen-bond acceptors (Lipinski definition) is 3. The maximum atomic E-state index is 11.6. The highest BCUT2D eigenvalue weighted by molar-refractivity contribution is 7.10. The zero-order valence-electron chi connectivity index (χ0n) is 10.8. The van der Waals surface area contributed by atoms with Crippen LogP contribution in [0.2, 0.25) is 5.02 Å². The molecule has 0 fully saturated rings. The molecule has 0 amide bonds. The molecule has 104 valence electrons. The molecule has 2 heterocycles. The summed E-state index contributed by atoms with van der Waals surface area (Å²) in [7, 11) is 0. The highest BCUT2D eigenvalue weighted by Crippen LogP contribution is 2.34. The van der Waals surface area contributed by atoms with Gasteiger partial charge in [-0.2, -0.15) is 0 Å². The Balaban J connectivity index is 1.86. The third-order valence-corrected chi connectivity index (χ3v) is 4.85. The molecule has 20 heavy (non-hydrogen) atoms. The molecule has 1 unspecified atom stereocenters. The number of fused-ring (bicyclic) bond motifs is 1. The van der Waals surface area contributed by atoms with Gasteiger partial charge in [-0.05, 0) is 41.1 Å². The van der Waals surface area contributed by atoms with Gasteiger partial charge in [-0.25, -0.2) is 0 Å². The van der Waals surface area contributed by atoms with Crippen LogP contribution in [0, 0.1) is 0 Å². The van der Waals surface area contributed by atoms with E-state index in [-0.39, 0.29) is 0 Å². The average Bonchev–Trinajstić information content (AvgIpc) is 2.89. The molecule has 3 nitrogen and oxygen atoms in total. The first kappa shape index (κ1) is 13.6. The Kier molecular flexibility index (Phi) is 3.78. The normalized spacial score (nSPS) is 18.8. The van der Waals surface area contributed by atoms with E-state index in [1.54, 1.807) is 11.3 Å². The van der Waals surface area contributed by atoms with Gasteiger partial charge in [0.1, 0.15) is 6.04 Å². The Morgan fingerprint density at radius 2 is 2.10 bits per heavy atom. The largest absolute Gasteiger partial charge is 0.480 e. The van der Waals surface area contributed by atoms with Crippen molar-refractivity contribution in [1.29, 1.82) is 0 Å². The van der Waals surface area contributed by atoms with Gasteiger partial charge in [-0.15, -0.1) is 11.3 Å². The lowest BCUT2D eigenvalue weighted by molar-refractivity contribution is -0.144. The number of rotatable bonds is 3. The van der Waals surface area contributed by atoms with Crippen molar-refractivity contribution < 1.29 is 9.90 Å². The summed E-state index contributed by atoms with van der Waals surface area (Å²) in [5.74, 6) is -0.779. The number of benzene rings is 1. The smallest absolute Gasteiger partial charge is 0.325 e. The summed E-state index contributed by atoms with van der Waals surface area (Å²) >= 11 is 7.53. The van der Waals surface area contributed by atoms with Crippen LogP contribution in [0.3, 0.4) is 0 Å². The first-order valence-electron chi connectivity index (χ1n) is 6.43. The molecule has 0 aliphatic carbocycles. The van der Waals surface area contributed by atoms with E-state index in [4.69, 9.17) is 11.6 Å². The maximum absolute atomic E-state index is 11.6. The lowest BCUT2D eigenvalue weighted by Crippen LogP contribution is -2.38. The lowest BCUT2D eigenvalue weighted by atomic mass is 9.99. The molecule has 1 aliphatic heterocycles. The van der Waals surface area contributed by atoms with E-state index < -0.39 is 12.0 Å². The molecule has 1 aromatic carbocycles. The van der Waals surface area contributed by atoms with Crippen LogP contribution in [-0.2, 0) is 17.8 Å². The van der Waals surface area contributed by atoms with Gasteiger partial charge in [0.05, 0.1) is 0 Å². The van der Waals surface area contributed by atoms with Crippen LogP contribution < -0.4 is 0 Å². The molecule has 0 bridgehead atoms. The van der Waals surface area contributed by atoms with Gasteiger partial charge in [-0.3, -0.25) is 9.69 Å². The Bertz CT molecular complexity index is 623. The predicted molar refractivity (Wildman–Crippen MR) is 80.3 cm³/mol. The van der Waals surface area contributed by atoms with Gasteiger partial charge < -0.3 is 5.11 Å². The third kappa shape index (κ3) is 2.59. The van der Waals surface area contributed by atoms with E-state index >= 15 is 0 Å². The minimum absolute atomic E-state index is 0.541. The first-order chi connectivity index (χ1) is 9.65. The summed E-state index contributed by atoms with van der Waals surface area (Å²) in [5, 5.41) is 12.2. The van der Waals surface area contributed by atoms with Crippen LogP contribution in [0.4, 0.5) is 0 Å². The van der Waals surface area contributed by atoms with Crippen LogP contribution in [0.25, 0.3) is 0 Å². The van der Waals surface area contributed by atoms with E-state index in [9.17, 15) is 9.90 Å². The Labute approximate surface area is 126 Å². The minimum Gasteiger partial charge on any atom is -0.480 e. The summed E-state index contributed by atoms with van der Waals surface area (Å²) in [4.78, 5) is 14.8. The molecule has 1 aliphatic rings. The zero-order chi connectivity index (χ0) is 14.1. The predicted octanol–water partition coefficient (Wildman–Crippen LogP) is 3.59. The van der Waals surface area contributed by atoms with Crippen LogP contribution in [0.1, 0.15) is 22.0 Å². The van der Waals surface area contributed by atoms with Crippen molar-refractivity contribution in [3.8, 4) is 0 Å². The lowest BCUT2D eigenvalue weighted by Gasteiger charge is -2.33. The van der Waals surface area contributed by atoms with Crippen LogP contribution in [0.5, 0.6) is 0 Å². The molecule has 2 aromatic rings. The van der Waals surface area contributed by atoms with Crippen molar-refractivity contribution in [3.63, 3.8) is 0 Å². The summed E-state index contributed by atoms with van der Waals surface area (Å²) in [5.41, 5.74) is 2.03. The van der Waals surface area contributed by atoms with Crippen molar-refractivity contribution in [2.45, 2.75) is 19.0 Å². The number of carboxylic acids is 1. The Morgan fingerprint density at radius 1 is 1.35 bits per heavy atom. The minimum atomic E-state index is -0.779. The van der Waals surface area contributed by atoms with Gasteiger partial charge >= 0.3 is 5.97 Å². The molecule has 1 atom stereocenters. The number of aliphatic carboxylic acids is 1. The van der Waals surface area contributed by atoms with Crippen molar-refractivity contribution in [1.82, 2.24) is 4.90 Å². The second-order valence-electron chi connectivity index (χ2n) is 4.89. The molecule has 0 spiro atoms. The van der Waals surface area contributed by atoms with Gasteiger partial charge in [0.2, 0.25) is 0 Å². The van der Waals surface area contributed by atoms with E-state index in [1.807, 2.05) is 40.6 Å². The topological polar surface area (TPSA) is 40.5 Å². The first-order valence-corrected chi connectivity index (χ1v) is 7.68. The summed E-state index contributed by atoms with van der Waals surface area (Å²) in [6.45, 7) is 1.40. The van der Waals surface area contributed by atoms with Gasteiger partial charge in [-0.1, -0.05) is 23.7 Å². The van der Waals surface area contributed by atoms with Crippen molar-refractivity contribution in [2.24, 2.45) is 0 Å².